The van der Waals surface area contributed by atoms with E-state index in [1.165, 1.54) is 24.3 Å². The molecule has 11 nitrogen and oxygen atoms in total. The highest BCUT2D eigenvalue weighted by atomic mass is 19.1. The van der Waals surface area contributed by atoms with Crippen LogP contribution in [0.3, 0.4) is 0 Å². The lowest BCUT2D eigenvalue weighted by atomic mass is 10.0. The molecule has 0 saturated carbocycles. The Labute approximate surface area is 225 Å². The van der Waals surface area contributed by atoms with Crippen LogP contribution < -0.4 is 15.4 Å². The van der Waals surface area contributed by atoms with Crippen molar-refractivity contribution in [1.29, 1.82) is 0 Å². The Morgan fingerprint density at radius 3 is 2.38 bits per heavy atom. The normalized spacial score (nSPS) is 14.1. The number of benzene rings is 1. The number of carbonyl (C=O) groups excluding carboxylic acids is 3. The van der Waals surface area contributed by atoms with Crippen molar-refractivity contribution in [3.63, 3.8) is 0 Å². The number of aryl methyl sites for hydroxylation is 2. The molecule has 1 aromatic carbocycles. The van der Waals surface area contributed by atoms with Crippen LogP contribution in [0.1, 0.15) is 60.2 Å². The fourth-order valence-electron chi connectivity index (χ4n) is 4.57. The summed E-state index contributed by atoms with van der Waals surface area (Å²) in [5.74, 6) is -1.13. The molecule has 3 heterocycles. The maximum Gasteiger partial charge on any atom is 0.272 e. The zero-order valence-electron chi connectivity index (χ0n) is 22.5. The number of nitrogens with one attached hydrogen (secondary N) is 2. The Kier molecular flexibility index (Phi) is 8.44. The largest absolute Gasteiger partial charge is 0.486 e. The molecule has 3 amide bonds. The van der Waals surface area contributed by atoms with Gasteiger partial charge in [0.05, 0.1) is 11.8 Å². The third kappa shape index (κ3) is 6.00. The summed E-state index contributed by atoms with van der Waals surface area (Å²) in [7, 11) is 1.71. The number of hydrogen-bond acceptors (Lipinski definition) is 7. The van der Waals surface area contributed by atoms with E-state index in [2.05, 4.69) is 15.6 Å². The maximum atomic E-state index is 13.5. The van der Waals surface area contributed by atoms with Crippen LogP contribution in [0.2, 0.25) is 0 Å². The van der Waals surface area contributed by atoms with Crippen molar-refractivity contribution in [3.8, 4) is 5.75 Å². The molecule has 4 rings (SSSR count). The number of aliphatic hydroxyl groups excluding tert-OH is 1. The lowest BCUT2D eigenvalue weighted by Gasteiger charge is -2.32. The topological polar surface area (TPSA) is 139 Å². The van der Waals surface area contributed by atoms with Crippen LogP contribution in [-0.4, -0.2) is 74.1 Å². The second-order valence-corrected chi connectivity index (χ2v) is 9.70. The van der Waals surface area contributed by atoms with Crippen molar-refractivity contribution in [3.05, 3.63) is 47.0 Å². The van der Waals surface area contributed by atoms with Crippen LogP contribution >= 0.6 is 0 Å². The van der Waals surface area contributed by atoms with Gasteiger partial charge in [-0.15, -0.1) is 0 Å². The fourth-order valence-corrected chi connectivity index (χ4v) is 4.57. The minimum absolute atomic E-state index is 0.164. The molecular weight excluding hydrogens is 507 g/mol. The number of carbonyl (C=O) groups is 3. The number of amides is 3. The minimum Gasteiger partial charge on any atom is -0.486 e. The highest BCUT2D eigenvalue weighted by molar-refractivity contribution is 6.05. The standard InChI is InChI=1S/C27H33FN6O5/c1-5-19-24(32-26(37)16-6-8-17(28)9-7-16)31-21-23(39-15(2)3)22(33(4)25(21)30-19)27(38)29-18-10-12-34(13-11-18)20(36)14-35/h6-9,15,18,35H,5,10-14H2,1-4H3,(H,29,38)(H,31,32,37). The first-order chi connectivity index (χ1) is 18.6. The zero-order chi connectivity index (χ0) is 28.3. The SMILES string of the molecule is CCc1nc2c(nc1NC(=O)c1ccc(F)cc1)c(OC(C)C)c(C(=O)NC1CCN(C(=O)CO)CC1)n2C. The van der Waals surface area contributed by atoms with Crippen LogP contribution in [-0.2, 0) is 18.3 Å². The number of halogens is 1. The zero-order valence-corrected chi connectivity index (χ0v) is 22.5. The number of aromatic nitrogens is 3. The summed E-state index contributed by atoms with van der Waals surface area (Å²) < 4.78 is 21.0. The van der Waals surface area contributed by atoms with Crippen LogP contribution in [0, 0.1) is 5.82 Å². The van der Waals surface area contributed by atoms with Gasteiger partial charge in [0, 0.05) is 31.7 Å². The van der Waals surface area contributed by atoms with Crippen molar-refractivity contribution in [2.45, 2.75) is 52.2 Å². The highest BCUT2D eigenvalue weighted by Crippen LogP contribution is 2.33. The molecule has 1 saturated heterocycles. The Bertz CT molecular complexity index is 1380. The molecule has 0 atom stereocenters. The Morgan fingerprint density at radius 1 is 1.13 bits per heavy atom. The van der Waals surface area contributed by atoms with E-state index in [9.17, 15) is 18.8 Å². The number of likely N-dealkylation sites (tertiary alicyclic amines) is 1. The van der Waals surface area contributed by atoms with Gasteiger partial charge in [0.25, 0.3) is 11.8 Å². The van der Waals surface area contributed by atoms with E-state index in [1.54, 1.807) is 16.5 Å². The van der Waals surface area contributed by atoms with Crippen LogP contribution in [0.25, 0.3) is 11.2 Å². The number of aliphatic hydroxyl groups is 1. The number of rotatable bonds is 8. The van der Waals surface area contributed by atoms with Crippen LogP contribution in [0.15, 0.2) is 24.3 Å². The van der Waals surface area contributed by atoms with Crippen molar-refractivity contribution in [2.24, 2.45) is 7.05 Å². The first kappa shape index (κ1) is 28.0. The van der Waals surface area contributed by atoms with E-state index in [-0.39, 0.29) is 46.8 Å². The van der Waals surface area contributed by atoms with Gasteiger partial charge in [-0.1, -0.05) is 6.92 Å². The van der Waals surface area contributed by atoms with Crippen molar-refractivity contribution < 1.29 is 28.6 Å². The van der Waals surface area contributed by atoms with E-state index in [4.69, 9.17) is 14.8 Å². The van der Waals surface area contributed by atoms with E-state index < -0.39 is 18.3 Å². The molecule has 0 radical (unpaired) electrons. The first-order valence-electron chi connectivity index (χ1n) is 12.9. The molecule has 0 unspecified atom stereocenters. The van der Waals surface area contributed by atoms with Gasteiger partial charge in [-0.2, -0.15) is 0 Å². The highest BCUT2D eigenvalue weighted by Gasteiger charge is 2.30. The smallest absolute Gasteiger partial charge is 0.272 e. The third-order valence-corrected chi connectivity index (χ3v) is 6.59. The van der Waals surface area contributed by atoms with E-state index in [1.807, 2.05) is 20.8 Å². The molecule has 0 spiro atoms. The molecule has 0 bridgehead atoms. The van der Waals surface area contributed by atoms with E-state index >= 15 is 0 Å². The number of nitrogens with zero attached hydrogens (tertiary/aromatic N) is 4. The summed E-state index contributed by atoms with van der Waals surface area (Å²) in [6.45, 7) is 5.89. The molecule has 0 aliphatic carbocycles. The maximum absolute atomic E-state index is 13.5. The average Bonchev–Trinajstić information content (AvgIpc) is 3.18. The van der Waals surface area contributed by atoms with Gasteiger partial charge in [0.2, 0.25) is 5.91 Å². The molecule has 12 heteroatoms. The van der Waals surface area contributed by atoms with Gasteiger partial charge < -0.3 is 29.9 Å². The lowest BCUT2D eigenvalue weighted by Crippen LogP contribution is -2.47. The number of fused-ring (bicyclic) bond motifs is 1. The molecular formula is C27H33FN6O5. The Morgan fingerprint density at radius 2 is 1.79 bits per heavy atom. The molecule has 1 aliphatic heterocycles. The monoisotopic (exact) mass is 540 g/mol. The van der Waals surface area contributed by atoms with Gasteiger partial charge in [-0.05, 0) is 57.4 Å². The Balaban J connectivity index is 1.66. The summed E-state index contributed by atoms with van der Waals surface area (Å²) >= 11 is 0. The van der Waals surface area contributed by atoms with E-state index in [0.29, 0.717) is 49.2 Å². The summed E-state index contributed by atoms with van der Waals surface area (Å²) in [6, 6.07) is 5.00. The minimum atomic E-state index is -0.533. The van der Waals surface area contributed by atoms with E-state index in [0.717, 1.165) is 0 Å². The molecule has 2 aromatic heterocycles. The molecule has 3 aromatic rings. The second kappa shape index (κ2) is 11.8. The number of piperidine rings is 1. The van der Waals surface area contributed by atoms with Crippen molar-refractivity contribution in [1.82, 2.24) is 24.8 Å². The van der Waals surface area contributed by atoms with Gasteiger partial charge in [-0.25, -0.2) is 14.4 Å². The van der Waals surface area contributed by atoms with Crippen molar-refractivity contribution in [2.75, 3.05) is 25.0 Å². The Hall–Kier alpha value is -4.06. The number of ether oxygens (including phenoxy) is 1. The predicted molar refractivity (Wildman–Crippen MR) is 142 cm³/mol. The van der Waals surface area contributed by atoms with Gasteiger partial charge >= 0.3 is 0 Å². The third-order valence-electron chi connectivity index (χ3n) is 6.59. The molecule has 1 fully saturated rings. The number of hydrogen-bond donors (Lipinski definition) is 3. The fraction of sp³-hybridized carbons (Fsp3) is 0.444. The summed E-state index contributed by atoms with van der Waals surface area (Å²) in [6.07, 6.45) is 1.29. The van der Waals surface area contributed by atoms with Gasteiger partial charge in [-0.3, -0.25) is 14.4 Å². The lowest BCUT2D eigenvalue weighted by molar-refractivity contribution is -0.135. The quantitative estimate of drug-likeness (QED) is 0.399. The van der Waals surface area contributed by atoms with Gasteiger partial charge in [0.15, 0.2) is 28.4 Å². The number of anilines is 1. The summed E-state index contributed by atoms with van der Waals surface area (Å²) in [5, 5.41) is 14.9. The summed E-state index contributed by atoms with van der Waals surface area (Å²) in [5.41, 5.74) is 1.78. The van der Waals surface area contributed by atoms with Crippen LogP contribution in [0.4, 0.5) is 10.2 Å². The molecule has 3 N–H and O–H groups in total. The van der Waals surface area contributed by atoms with Crippen molar-refractivity contribution >= 4 is 34.7 Å². The first-order valence-corrected chi connectivity index (χ1v) is 12.9. The van der Waals surface area contributed by atoms with Crippen LogP contribution in [0.5, 0.6) is 5.75 Å². The average molecular weight is 541 g/mol. The van der Waals surface area contributed by atoms with Gasteiger partial charge in [0.1, 0.15) is 12.4 Å². The molecule has 208 valence electrons. The molecule has 39 heavy (non-hydrogen) atoms. The summed E-state index contributed by atoms with van der Waals surface area (Å²) in [4.78, 5) is 49.1. The second-order valence-electron chi connectivity index (χ2n) is 9.70. The predicted octanol–water partition coefficient (Wildman–Crippen LogP) is 2.42. The molecule has 1 aliphatic rings.